The van der Waals surface area contributed by atoms with Gasteiger partial charge < -0.3 is 160 Å². The zero-order valence-electron chi connectivity index (χ0n) is 70.7. The molecule has 0 aliphatic rings. The molecule has 0 aromatic rings. The second kappa shape index (κ2) is 98.2. The largest absolute Gasteiger partial charge is 3.00 e. The summed E-state index contributed by atoms with van der Waals surface area (Å²) < 4.78 is 0. The number of carboxylic acids is 15. The number of carbonyl (C=O) groups excluding carboxylic acids is 17. The van der Waals surface area contributed by atoms with Crippen LogP contribution in [0, 0.1) is 200 Å². The van der Waals surface area contributed by atoms with Crippen LogP contribution in [0.3, 0.4) is 0 Å². The first kappa shape index (κ1) is 142. The molecule has 0 aromatic heterocycles. The summed E-state index contributed by atoms with van der Waals surface area (Å²) in [7, 11) is 0. The van der Waals surface area contributed by atoms with E-state index in [1.807, 2.05) is 0 Å². The molecule has 0 saturated heterocycles. The first-order valence-corrected chi connectivity index (χ1v) is 39.0. The van der Waals surface area contributed by atoms with Gasteiger partial charge in [-0.1, -0.05) is 125 Å². The molecule has 0 bridgehead atoms. The fourth-order valence-electron chi connectivity index (χ4n) is 10.4. The molecule has 2 amide bonds. The van der Waals surface area contributed by atoms with E-state index in [2.05, 4.69) is 86.8 Å². The molecule has 0 heterocycles. The average Bonchev–Trinajstić information content (AvgIpc) is 0.927. The van der Waals surface area contributed by atoms with Gasteiger partial charge in [-0.25, -0.2) is 0 Å². The van der Waals surface area contributed by atoms with E-state index in [1.165, 1.54) is 66.1 Å². The van der Waals surface area contributed by atoms with Gasteiger partial charge in [0.05, 0.1) is 89.5 Å². The first-order valence-electron chi connectivity index (χ1n) is 39.0. The number of hydrogen-bond acceptors (Lipinski definition) is 41. The molecule has 4 N–H and O–H groups in total. The molecule has 0 aliphatic carbocycles. The number of primary amides is 2. The summed E-state index contributed by atoms with van der Waals surface area (Å²) in [6.45, 7) is -8.18. The van der Waals surface area contributed by atoms with Gasteiger partial charge in [0.15, 0.2) is 0 Å². The van der Waals surface area contributed by atoms with E-state index in [4.69, 9.17) is 11.5 Å². The van der Waals surface area contributed by atoms with Crippen molar-refractivity contribution in [2.45, 2.75) is 142 Å². The van der Waals surface area contributed by atoms with Crippen molar-refractivity contribution in [3.05, 3.63) is 72.9 Å². The minimum absolute atomic E-state index is 0. The minimum atomic E-state index is -1.54. The Morgan fingerprint density at radius 1 is 0.190 bits per heavy atom. The van der Waals surface area contributed by atoms with E-state index in [0.29, 0.717) is 12.8 Å². The first-order chi connectivity index (χ1) is 57.0. The zero-order valence-corrected chi connectivity index (χ0v) is 82.0. The number of nitrogens with two attached hydrogens (primary N) is 2. The van der Waals surface area contributed by atoms with E-state index in [0.717, 1.165) is 93.6 Å². The predicted molar refractivity (Wildman–Crippen MR) is 400 cm³/mol. The molecule has 0 saturated carbocycles. The van der Waals surface area contributed by atoms with Gasteiger partial charge >= 0.3 is 200 Å². The molecule has 0 fully saturated rings. The van der Waals surface area contributed by atoms with Crippen molar-refractivity contribution in [1.29, 1.82) is 0 Å². The standard InChI is InChI=1S/2C18H31NO.3C14H23N3O10.5Gd/c2*1-2-3-4-5-6-7-8-9-10-11-12-13-14-15-16-17-18(19)20;3*18-10(19)5-15(1-3-16(6-11(20)21)7-12(22)23)2-4-17(8-13(24)25)9-14(26)27;;;;;/h2*3-4,6-7,9-10H,2,5,8,11-17H2,1H3,(H2,19,20);3*1-9H2,(H,18,19)(H,20,21)(H,22,23)(H,24,25)(H,26,27);;;;;/q;;;;;5*+3/p-15/b2*4-3-,7-6-,10-9-;;;;;;;;. The SMILES string of the molecule is CC/C=C\C/C=C\C/C=C\CCCCCCCC(N)=O.CC/C=C\C/C=C\C/C=C\CCCCCCCC(N)=O.O=C([O-])CN(CCN(CC(=O)[O-])CC(=O)[O-])CCN(CC(=O)[O-])CC(=O)[O-].O=C([O-])CN(CCN(CC(=O)[O-])CC(=O)[O-])CCN(CC(=O)[O-])CC(=O)[O-].O=C([O-])CN(CCN(CC(=O)[O-])CC(=O)[O-])CCN(CC(=O)[O-])CC(=O)[O-].[Gd+3].[Gd+3].[Gd+3].[Gd+3].[Gd+3]. The van der Waals surface area contributed by atoms with Crippen molar-refractivity contribution in [3.8, 4) is 0 Å². The number of rotatable bonds is 74. The maximum atomic E-state index is 10.8. The minimum Gasteiger partial charge on any atom is -0.549 e. The third-order valence-corrected chi connectivity index (χ3v) is 15.8. The van der Waals surface area contributed by atoms with Crippen LogP contribution >= 0.6 is 0 Å². The summed E-state index contributed by atoms with van der Waals surface area (Å²) in [6.07, 6.45) is 48.1. The monoisotopic (exact) mass is 2510 g/mol. The van der Waals surface area contributed by atoms with Crippen molar-refractivity contribution in [1.82, 2.24) is 44.1 Å². The van der Waals surface area contributed by atoms with Gasteiger partial charge in [0.2, 0.25) is 11.8 Å². The quantitative estimate of drug-likeness (QED) is 0.0422. The van der Waals surface area contributed by atoms with Crippen molar-refractivity contribution in [3.63, 3.8) is 0 Å². The van der Waals surface area contributed by atoms with E-state index in [1.54, 1.807) is 0 Å². The maximum absolute atomic E-state index is 10.8. The van der Waals surface area contributed by atoms with E-state index in [9.17, 15) is 158 Å². The number of allylic oxidation sites excluding steroid dienone is 12. The number of carboxylic acid groups (broad SMARTS) is 15. The summed E-state index contributed by atoms with van der Waals surface area (Å²) in [6, 6.07) is 0. The number of hydrogen-bond donors (Lipinski definition) is 2. The Morgan fingerprint density at radius 2 is 0.317 bits per heavy atom. The maximum Gasteiger partial charge on any atom is 3.00 e. The third kappa shape index (κ3) is 118. The van der Waals surface area contributed by atoms with E-state index >= 15 is 0 Å². The van der Waals surface area contributed by atoms with E-state index in [-0.39, 0.29) is 290 Å². The smallest absolute Gasteiger partial charge is 0.549 e. The molecular formula is C78H116Gd5N11O32. The van der Waals surface area contributed by atoms with Crippen LogP contribution in [-0.2, 0) is 81.5 Å². The summed E-state index contributed by atoms with van der Waals surface area (Å²) in [5.41, 5.74) is 10.2. The average molecular weight is 2510 g/mol. The molecular weight excluding hydrogens is 2390 g/mol. The number of unbranched alkanes of at least 4 members (excludes halogenated alkanes) is 10. The number of nitrogens with zero attached hydrogens (tertiary/aromatic N) is 9. The van der Waals surface area contributed by atoms with Crippen LogP contribution in [-0.4, -0.2) is 322 Å². The summed E-state index contributed by atoms with van der Waals surface area (Å²) >= 11 is 0. The van der Waals surface area contributed by atoms with Crippen LogP contribution in [0.25, 0.3) is 0 Å². The van der Waals surface area contributed by atoms with Gasteiger partial charge in [0, 0.05) is 190 Å². The van der Waals surface area contributed by atoms with Crippen LogP contribution in [0.2, 0.25) is 0 Å². The Bertz CT molecular complexity index is 2750. The molecule has 0 unspecified atom stereocenters. The number of amides is 2. The van der Waals surface area contributed by atoms with Gasteiger partial charge in [-0.05, 0) is 77.0 Å². The Morgan fingerprint density at radius 3 is 0.468 bits per heavy atom. The molecule has 126 heavy (non-hydrogen) atoms. The Hall–Kier alpha value is -4.31. The van der Waals surface area contributed by atoms with Crippen LogP contribution in [0.5, 0.6) is 0 Å². The fourth-order valence-corrected chi connectivity index (χ4v) is 10.4. The van der Waals surface area contributed by atoms with Crippen molar-refractivity contribution >= 4 is 101 Å². The molecule has 0 aromatic carbocycles. The van der Waals surface area contributed by atoms with Crippen LogP contribution in [0.1, 0.15) is 142 Å². The number of aliphatic carboxylic acids is 15. The molecule has 0 atom stereocenters. The van der Waals surface area contributed by atoms with Crippen LogP contribution in [0.15, 0.2) is 72.9 Å². The normalized spacial score (nSPS) is 10.9. The zero-order chi connectivity index (χ0) is 92.7. The van der Waals surface area contributed by atoms with Crippen LogP contribution in [0.4, 0.5) is 0 Å². The second-order valence-corrected chi connectivity index (χ2v) is 26.8. The predicted octanol–water partition coefficient (Wildman–Crippen LogP) is -18.0. The molecule has 0 spiro atoms. The second-order valence-electron chi connectivity index (χ2n) is 26.8. The molecule has 5 radical (unpaired) electrons. The van der Waals surface area contributed by atoms with Crippen LogP contribution < -0.4 is 88.1 Å². The van der Waals surface area contributed by atoms with Gasteiger partial charge in [0.1, 0.15) is 0 Å². The summed E-state index contributed by atoms with van der Waals surface area (Å²) in [4.78, 5) is 190. The third-order valence-electron chi connectivity index (χ3n) is 15.8. The molecule has 715 valence electrons. The fraction of sp³-hybridized carbons (Fsp3) is 0.628. The van der Waals surface area contributed by atoms with Gasteiger partial charge in [-0.2, -0.15) is 0 Å². The Labute approximate surface area is 895 Å². The van der Waals surface area contributed by atoms with E-state index < -0.39 is 188 Å². The summed E-state index contributed by atoms with van der Waals surface area (Å²) in [5.74, 6) is -23.4. The van der Waals surface area contributed by atoms with Gasteiger partial charge in [0.25, 0.3) is 0 Å². The molecule has 48 heteroatoms. The molecule has 0 aliphatic heterocycles. The Kier molecular flexibility index (Phi) is 111. The van der Waals surface area contributed by atoms with Gasteiger partial charge in [-0.3, -0.25) is 53.7 Å². The molecule has 43 nitrogen and oxygen atoms in total. The molecule has 0 rings (SSSR count). The Balaban J connectivity index is -0.000000166. The number of carbonyl (C=O) groups is 17. The topological polar surface area (TPSA) is 717 Å². The van der Waals surface area contributed by atoms with Crippen molar-refractivity contribution < 1.29 is 358 Å². The van der Waals surface area contributed by atoms with Crippen molar-refractivity contribution in [2.75, 3.05) is 177 Å². The van der Waals surface area contributed by atoms with Crippen molar-refractivity contribution in [2.24, 2.45) is 11.5 Å². The summed E-state index contributed by atoms with van der Waals surface area (Å²) in [5, 5.41) is 160. The van der Waals surface area contributed by atoms with Gasteiger partial charge in [-0.15, -0.1) is 0 Å².